The van der Waals surface area contributed by atoms with Crippen molar-refractivity contribution >= 4 is 25.7 Å². The first kappa shape index (κ1) is 16.2. The smallest absolute Gasteiger partial charge is 0.238 e. The summed E-state index contributed by atoms with van der Waals surface area (Å²) in [5.41, 5.74) is 0.817. The Balaban J connectivity index is 2.21. The largest absolute Gasteiger partial charge is 0.377 e. The second kappa shape index (κ2) is 5.91. The number of nitrogens with two attached hydrogens (primary N) is 1. The van der Waals surface area contributed by atoms with Crippen LogP contribution in [0.3, 0.4) is 0 Å². The highest BCUT2D eigenvalue weighted by atomic mass is 32.2. The monoisotopic (exact) mass is 334 g/mol. The van der Waals surface area contributed by atoms with Crippen molar-refractivity contribution in [2.75, 3.05) is 17.1 Å². The minimum Gasteiger partial charge on any atom is -0.377 e. The number of anilines is 1. The van der Waals surface area contributed by atoms with Gasteiger partial charge in [0.05, 0.1) is 22.4 Å². The number of benzene rings is 1. The lowest BCUT2D eigenvalue weighted by Gasteiger charge is -2.14. The molecule has 0 amide bonds. The lowest BCUT2D eigenvalue weighted by molar-refractivity contribution is 0.127. The van der Waals surface area contributed by atoms with Gasteiger partial charge in [0.15, 0.2) is 0 Å². The minimum atomic E-state index is -3.88. The number of sulfonamides is 2. The molecule has 9 heteroatoms. The lowest BCUT2D eigenvalue weighted by atomic mass is 10.2. The van der Waals surface area contributed by atoms with Crippen LogP contribution in [0.2, 0.25) is 0 Å². The molecule has 118 valence electrons. The molecule has 0 saturated carbocycles. The van der Waals surface area contributed by atoms with Gasteiger partial charge in [-0.2, -0.15) is 0 Å². The Hall–Kier alpha value is -1.16. The maximum absolute atomic E-state index is 12.1. The quantitative estimate of drug-likeness (QED) is 0.816. The number of primary sulfonamides is 1. The normalized spacial score (nSPS) is 19.6. The van der Waals surface area contributed by atoms with Gasteiger partial charge >= 0.3 is 0 Å². The summed E-state index contributed by atoms with van der Waals surface area (Å²) < 4.78 is 54.5. The molecule has 1 saturated heterocycles. The van der Waals surface area contributed by atoms with Crippen LogP contribution in [-0.4, -0.2) is 35.3 Å². The Morgan fingerprint density at radius 3 is 2.62 bits per heavy atom. The van der Waals surface area contributed by atoms with Gasteiger partial charge < -0.3 is 4.74 Å². The molecule has 0 spiro atoms. The zero-order valence-corrected chi connectivity index (χ0v) is 13.2. The molecule has 0 aliphatic carbocycles. The van der Waals surface area contributed by atoms with Gasteiger partial charge in [0.25, 0.3) is 0 Å². The molecule has 0 radical (unpaired) electrons. The van der Waals surface area contributed by atoms with Crippen molar-refractivity contribution in [3.8, 4) is 0 Å². The van der Waals surface area contributed by atoms with E-state index in [0.29, 0.717) is 18.6 Å². The van der Waals surface area contributed by atoms with Crippen molar-refractivity contribution in [2.24, 2.45) is 5.14 Å². The molecule has 1 aliphatic rings. The summed E-state index contributed by atoms with van der Waals surface area (Å²) in [7, 11) is -7.49. The third-order valence-corrected chi connectivity index (χ3v) is 5.48. The van der Waals surface area contributed by atoms with Gasteiger partial charge in [0.2, 0.25) is 20.0 Å². The van der Waals surface area contributed by atoms with Crippen LogP contribution in [-0.2, 0) is 24.8 Å². The molecule has 1 fully saturated rings. The minimum absolute atomic E-state index is 0.136. The number of hydrogen-bond acceptors (Lipinski definition) is 5. The van der Waals surface area contributed by atoms with Crippen LogP contribution in [0.1, 0.15) is 18.4 Å². The van der Waals surface area contributed by atoms with E-state index in [-0.39, 0.29) is 22.4 Å². The van der Waals surface area contributed by atoms with E-state index in [1.54, 1.807) is 6.92 Å². The lowest BCUT2D eigenvalue weighted by Crippen LogP contribution is -2.26. The molecule has 21 heavy (non-hydrogen) atoms. The van der Waals surface area contributed by atoms with Gasteiger partial charge in [0, 0.05) is 6.61 Å². The van der Waals surface area contributed by atoms with Gasteiger partial charge in [-0.15, -0.1) is 0 Å². The Morgan fingerprint density at radius 2 is 2.05 bits per heavy atom. The summed E-state index contributed by atoms with van der Waals surface area (Å²) in [6, 6.07) is 4.06. The Bertz CT molecular complexity index is 722. The predicted octanol–water partition coefficient (Wildman–Crippen LogP) is 0.563. The number of aryl methyl sites for hydroxylation is 1. The molecular weight excluding hydrogens is 316 g/mol. The molecule has 2 rings (SSSR count). The van der Waals surface area contributed by atoms with Crippen LogP contribution in [0.15, 0.2) is 23.1 Å². The molecule has 1 unspecified atom stereocenters. The third-order valence-electron chi connectivity index (χ3n) is 3.23. The zero-order chi connectivity index (χ0) is 15.7. The second-order valence-corrected chi connectivity index (χ2v) is 8.37. The van der Waals surface area contributed by atoms with Crippen molar-refractivity contribution in [1.29, 1.82) is 0 Å². The fraction of sp³-hybridized carbons (Fsp3) is 0.500. The van der Waals surface area contributed by atoms with Gasteiger partial charge in [-0.1, -0.05) is 6.07 Å². The molecule has 1 aliphatic heterocycles. The predicted molar refractivity (Wildman–Crippen MR) is 78.9 cm³/mol. The average molecular weight is 334 g/mol. The second-order valence-electron chi connectivity index (χ2n) is 5.04. The standard InChI is InChI=1S/C12H18N2O5S2/c1-9-4-5-11(21(13,17)18)7-12(9)14-20(15,16)8-10-3-2-6-19-10/h4-5,7,10,14H,2-3,6,8H2,1H3,(H2,13,17,18). The van der Waals surface area contributed by atoms with E-state index in [1.807, 2.05) is 0 Å². The van der Waals surface area contributed by atoms with Crippen LogP contribution in [0.4, 0.5) is 5.69 Å². The van der Waals surface area contributed by atoms with Crippen LogP contribution < -0.4 is 9.86 Å². The van der Waals surface area contributed by atoms with Gasteiger partial charge in [0.1, 0.15) is 0 Å². The number of rotatable bonds is 5. The van der Waals surface area contributed by atoms with Crippen LogP contribution in [0, 0.1) is 6.92 Å². The topological polar surface area (TPSA) is 116 Å². The molecule has 1 aromatic carbocycles. The summed E-state index contributed by atoms with van der Waals surface area (Å²) in [5.74, 6) is -0.147. The van der Waals surface area contributed by atoms with E-state index in [2.05, 4.69) is 4.72 Å². The zero-order valence-electron chi connectivity index (χ0n) is 11.6. The summed E-state index contributed by atoms with van der Waals surface area (Å²) in [6.07, 6.45) is 1.24. The Kier molecular flexibility index (Phi) is 4.57. The van der Waals surface area contributed by atoms with Crippen molar-refractivity contribution in [3.63, 3.8) is 0 Å². The molecule has 7 nitrogen and oxygen atoms in total. The molecule has 1 atom stereocenters. The first-order valence-electron chi connectivity index (χ1n) is 6.43. The van der Waals surface area contributed by atoms with Gasteiger partial charge in [-0.3, -0.25) is 4.72 Å². The van der Waals surface area contributed by atoms with E-state index in [0.717, 1.165) is 6.42 Å². The van der Waals surface area contributed by atoms with E-state index >= 15 is 0 Å². The Labute approximate surface area is 124 Å². The van der Waals surface area contributed by atoms with Crippen molar-refractivity contribution < 1.29 is 21.6 Å². The number of ether oxygens (including phenoxy) is 1. The van der Waals surface area contributed by atoms with Crippen molar-refractivity contribution in [3.05, 3.63) is 23.8 Å². The first-order valence-corrected chi connectivity index (χ1v) is 9.63. The van der Waals surface area contributed by atoms with Crippen molar-refractivity contribution in [1.82, 2.24) is 0 Å². The SMILES string of the molecule is Cc1ccc(S(N)(=O)=O)cc1NS(=O)(=O)CC1CCCO1. The summed E-state index contributed by atoms with van der Waals surface area (Å²) in [5, 5.41) is 5.05. The van der Waals surface area contributed by atoms with E-state index in [4.69, 9.17) is 9.88 Å². The first-order chi connectivity index (χ1) is 9.67. The molecule has 1 aromatic rings. The highest BCUT2D eigenvalue weighted by molar-refractivity contribution is 7.92. The van der Waals surface area contributed by atoms with Crippen LogP contribution >= 0.6 is 0 Å². The van der Waals surface area contributed by atoms with E-state index in [9.17, 15) is 16.8 Å². The van der Waals surface area contributed by atoms with Crippen LogP contribution in [0.5, 0.6) is 0 Å². The molecule has 0 bridgehead atoms. The number of nitrogens with one attached hydrogen (secondary N) is 1. The summed E-state index contributed by atoms with van der Waals surface area (Å²) >= 11 is 0. The highest BCUT2D eigenvalue weighted by Gasteiger charge is 2.24. The average Bonchev–Trinajstić information content (AvgIpc) is 2.82. The molecule has 3 N–H and O–H groups in total. The fourth-order valence-electron chi connectivity index (χ4n) is 2.12. The van der Waals surface area contributed by atoms with Gasteiger partial charge in [-0.25, -0.2) is 22.0 Å². The van der Waals surface area contributed by atoms with Crippen LogP contribution in [0.25, 0.3) is 0 Å². The highest BCUT2D eigenvalue weighted by Crippen LogP contribution is 2.22. The van der Waals surface area contributed by atoms with Gasteiger partial charge in [-0.05, 0) is 37.5 Å². The van der Waals surface area contributed by atoms with Crippen molar-refractivity contribution in [2.45, 2.75) is 30.8 Å². The van der Waals surface area contributed by atoms with E-state index in [1.165, 1.54) is 18.2 Å². The summed E-state index contributed by atoms with van der Waals surface area (Å²) in [6.45, 7) is 2.25. The fourth-order valence-corrected chi connectivity index (χ4v) is 4.05. The third kappa shape index (κ3) is 4.40. The molecule has 0 aromatic heterocycles. The number of hydrogen-bond donors (Lipinski definition) is 2. The summed E-state index contributed by atoms with van der Waals surface area (Å²) in [4.78, 5) is -0.136. The maximum Gasteiger partial charge on any atom is 0.238 e. The Morgan fingerprint density at radius 1 is 1.33 bits per heavy atom. The maximum atomic E-state index is 12.1. The molecule has 1 heterocycles. The molecular formula is C12H18N2O5S2. The van der Waals surface area contributed by atoms with E-state index < -0.39 is 20.0 Å².